The van der Waals surface area contributed by atoms with E-state index in [9.17, 15) is 0 Å². The van der Waals surface area contributed by atoms with Crippen LogP contribution in [0.1, 0.15) is 12.0 Å². The molecule has 3 N–H and O–H groups in total. The van der Waals surface area contributed by atoms with Crippen LogP contribution >= 0.6 is 0 Å². The summed E-state index contributed by atoms with van der Waals surface area (Å²) in [5.74, 6) is 2.63. The van der Waals surface area contributed by atoms with Gasteiger partial charge >= 0.3 is 0 Å². The predicted molar refractivity (Wildman–Crippen MR) is 74.4 cm³/mol. The Hall–Kier alpha value is -1.95. The molecule has 0 atom stereocenters. The molecule has 1 aromatic carbocycles. The molecule has 2 rings (SSSR count). The van der Waals surface area contributed by atoms with E-state index in [-0.39, 0.29) is 0 Å². The minimum atomic E-state index is 0.724. The summed E-state index contributed by atoms with van der Waals surface area (Å²) in [7, 11) is 3.32. The predicted octanol–water partition coefficient (Wildman–Crippen LogP) is 0.647. The third-order valence-corrected chi connectivity index (χ3v) is 2.93. The number of ether oxygens (including phenoxy) is 2. The average Bonchev–Trinajstić information content (AvgIpc) is 2.96. The van der Waals surface area contributed by atoms with E-state index in [2.05, 4.69) is 21.2 Å². The summed E-state index contributed by atoms with van der Waals surface area (Å²) in [6, 6.07) is 5.84. The standard InChI is InChI=1S/C13H20N4O2/c1-18-11-4-3-10(12(7-11)19-2)8-14-6-5-13-15-9-16-17-13/h3-4,7,14,16H,5-6,8-9H2,1-2H3,(H,15,17). The third-order valence-electron chi connectivity index (χ3n) is 2.93. The molecule has 1 aliphatic heterocycles. The zero-order valence-corrected chi connectivity index (χ0v) is 11.3. The van der Waals surface area contributed by atoms with E-state index < -0.39 is 0 Å². The van der Waals surface area contributed by atoms with Crippen molar-refractivity contribution in [3.8, 4) is 11.5 Å². The first kappa shape index (κ1) is 13.5. The average molecular weight is 264 g/mol. The molecule has 0 radical (unpaired) electrons. The van der Waals surface area contributed by atoms with Gasteiger partial charge in [0.05, 0.1) is 14.2 Å². The Balaban J connectivity index is 1.81. The van der Waals surface area contributed by atoms with Crippen LogP contribution in [-0.2, 0) is 6.54 Å². The summed E-state index contributed by atoms with van der Waals surface area (Å²) < 4.78 is 10.5. The van der Waals surface area contributed by atoms with E-state index >= 15 is 0 Å². The summed E-state index contributed by atoms with van der Waals surface area (Å²) in [6.07, 6.45) is 0.880. The lowest BCUT2D eigenvalue weighted by Crippen LogP contribution is -2.25. The first-order chi connectivity index (χ1) is 9.33. The lowest BCUT2D eigenvalue weighted by molar-refractivity contribution is 0.390. The fourth-order valence-corrected chi connectivity index (χ4v) is 1.89. The molecular formula is C13H20N4O2. The maximum atomic E-state index is 5.35. The quantitative estimate of drug-likeness (QED) is 0.631. The molecule has 19 heavy (non-hydrogen) atoms. The Morgan fingerprint density at radius 1 is 1.32 bits per heavy atom. The summed E-state index contributed by atoms with van der Waals surface area (Å²) in [5.41, 5.74) is 3.99. The molecule has 0 aliphatic carbocycles. The minimum absolute atomic E-state index is 0.724. The van der Waals surface area contributed by atoms with Crippen molar-refractivity contribution in [3.05, 3.63) is 23.8 Å². The summed E-state index contributed by atoms with van der Waals surface area (Å²) in [6.45, 7) is 2.35. The van der Waals surface area contributed by atoms with Crippen molar-refractivity contribution in [3.63, 3.8) is 0 Å². The molecule has 0 unspecified atom stereocenters. The second-order valence-electron chi connectivity index (χ2n) is 4.17. The molecule has 6 heteroatoms. The van der Waals surface area contributed by atoms with Gasteiger partial charge in [-0.1, -0.05) is 6.07 Å². The molecule has 0 fully saturated rings. The van der Waals surface area contributed by atoms with E-state index in [1.807, 2.05) is 18.2 Å². The lowest BCUT2D eigenvalue weighted by Gasteiger charge is -2.11. The van der Waals surface area contributed by atoms with Gasteiger partial charge in [0.25, 0.3) is 0 Å². The number of methoxy groups -OCH3 is 2. The third kappa shape index (κ3) is 3.75. The SMILES string of the molecule is COc1ccc(CNCCC2=NNCN2)c(OC)c1. The maximum Gasteiger partial charge on any atom is 0.127 e. The van der Waals surface area contributed by atoms with E-state index in [0.717, 1.165) is 49.1 Å². The van der Waals surface area contributed by atoms with Gasteiger partial charge < -0.3 is 20.1 Å². The van der Waals surface area contributed by atoms with Gasteiger partial charge in [-0.3, -0.25) is 5.43 Å². The van der Waals surface area contributed by atoms with Crippen molar-refractivity contribution in [2.75, 3.05) is 27.4 Å². The Bertz CT molecular complexity index is 448. The molecule has 0 bridgehead atoms. The number of rotatable bonds is 7. The van der Waals surface area contributed by atoms with Gasteiger partial charge in [0.15, 0.2) is 0 Å². The fourth-order valence-electron chi connectivity index (χ4n) is 1.89. The van der Waals surface area contributed by atoms with Crippen LogP contribution in [-0.4, -0.2) is 33.3 Å². The molecular weight excluding hydrogens is 244 g/mol. The van der Waals surface area contributed by atoms with Crippen LogP contribution in [0.4, 0.5) is 0 Å². The topological polar surface area (TPSA) is 66.9 Å². The number of hydrazone groups is 1. The first-order valence-electron chi connectivity index (χ1n) is 6.28. The van der Waals surface area contributed by atoms with Crippen molar-refractivity contribution in [2.45, 2.75) is 13.0 Å². The van der Waals surface area contributed by atoms with Crippen LogP contribution in [0.5, 0.6) is 11.5 Å². The van der Waals surface area contributed by atoms with Crippen molar-refractivity contribution >= 4 is 5.84 Å². The maximum absolute atomic E-state index is 5.35. The summed E-state index contributed by atoms with van der Waals surface area (Å²) >= 11 is 0. The number of nitrogens with one attached hydrogen (secondary N) is 3. The van der Waals surface area contributed by atoms with Crippen molar-refractivity contribution in [1.82, 2.24) is 16.1 Å². The molecule has 0 spiro atoms. The molecule has 6 nitrogen and oxygen atoms in total. The van der Waals surface area contributed by atoms with E-state index in [1.54, 1.807) is 14.2 Å². The van der Waals surface area contributed by atoms with E-state index in [1.165, 1.54) is 0 Å². The van der Waals surface area contributed by atoms with E-state index in [4.69, 9.17) is 9.47 Å². The largest absolute Gasteiger partial charge is 0.497 e. The molecule has 1 aliphatic rings. The number of hydrogen-bond acceptors (Lipinski definition) is 6. The monoisotopic (exact) mass is 264 g/mol. The van der Waals surface area contributed by atoms with Crippen LogP contribution in [0.15, 0.2) is 23.3 Å². The molecule has 1 aromatic rings. The molecule has 1 heterocycles. The summed E-state index contributed by atoms with van der Waals surface area (Å²) in [5, 5.41) is 10.6. The van der Waals surface area contributed by atoms with Gasteiger partial charge in [0, 0.05) is 31.1 Å². The van der Waals surface area contributed by atoms with E-state index in [0.29, 0.717) is 0 Å². The van der Waals surface area contributed by atoms with Gasteiger partial charge in [-0.2, -0.15) is 5.10 Å². The minimum Gasteiger partial charge on any atom is -0.497 e. The highest BCUT2D eigenvalue weighted by Gasteiger charge is 2.06. The highest BCUT2D eigenvalue weighted by molar-refractivity contribution is 5.83. The van der Waals surface area contributed by atoms with Crippen LogP contribution < -0.4 is 25.5 Å². The Morgan fingerprint density at radius 2 is 2.21 bits per heavy atom. The van der Waals surface area contributed by atoms with Crippen LogP contribution in [0, 0.1) is 0 Å². The van der Waals surface area contributed by atoms with Crippen LogP contribution in [0.2, 0.25) is 0 Å². The highest BCUT2D eigenvalue weighted by atomic mass is 16.5. The first-order valence-corrected chi connectivity index (χ1v) is 6.28. The molecule has 0 amide bonds. The van der Waals surface area contributed by atoms with Gasteiger partial charge in [0.2, 0.25) is 0 Å². The second-order valence-corrected chi connectivity index (χ2v) is 4.17. The van der Waals surface area contributed by atoms with Crippen LogP contribution in [0.3, 0.4) is 0 Å². The molecule has 0 saturated heterocycles. The highest BCUT2D eigenvalue weighted by Crippen LogP contribution is 2.24. The fraction of sp³-hybridized carbons (Fsp3) is 0.462. The normalized spacial score (nSPS) is 13.5. The van der Waals surface area contributed by atoms with Gasteiger partial charge in [-0.25, -0.2) is 0 Å². The number of hydrogen-bond donors (Lipinski definition) is 3. The molecule has 104 valence electrons. The second kappa shape index (κ2) is 6.84. The Morgan fingerprint density at radius 3 is 2.89 bits per heavy atom. The van der Waals surface area contributed by atoms with Crippen molar-refractivity contribution in [2.24, 2.45) is 5.10 Å². The zero-order chi connectivity index (χ0) is 13.5. The Kier molecular flexibility index (Phi) is 4.85. The Labute approximate surface area is 113 Å². The summed E-state index contributed by atoms with van der Waals surface area (Å²) in [4.78, 5) is 0. The van der Waals surface area contributed by atoms with Crippen molar-refractivity contribution < 1.29 is 9.47 Å². The van der Waals surface area contributed by atoms with Gasteiger partial charge in [-0.05, 0) is 6.07 Å². The van der Waals surface area contributed by atoms with Crippen LogP contribution in [0.25, 0.3) is 0 Å². The lowest BCUT2D eigenvalue weighted by atomic mass is 10.2. The smallest absolute Gasteiger partial charge is 0.127 e. The molecule has 0 saturated carbocycles. The van der Waals surface area contributed by atoms with Gasteiger partial charge in [0.1, 0.15) is 24.0 Å². The van der Waals surface area contributed by atoms with Gasteiger partial charge in [-0.15, -0.1) is 0 Å². The zero-order valence-electron chi connectivity index (χ0n) is 11.3. The number of nitrogens with zero attached hydrogens (tertiary/aromatic N) is 1. The van der Waals surface area contributed by atoms with Crippen molar-refractivity contribution in [1.29, 1.82) is 0 Å². The number of amidine groups is 1. The molecule has 0 aromatic heterocycles. The number of benzene rings is 1.